The third-order valence-corrected chi connectivity index (χ3v) is 4.69. The lowest BCUT2D eigenvalue weighted by Gasteiger charge is -2.26. The maximum absolute atomic E-state index is 13.1. The van der Waals surface area contributed by atoms with Crippen molar-refractivity contribution >= 4 is 5.91 Å². The Balaban J connectivity index is 2.11. The molecular formula is C17H22F3NO2. The zero-order valence-electron chi connectivity index (χ0n) is 13.2. The van der Waals surface area contributed by atoms with Gasteiger partial charge < -0.3 is 10.4 Å². The van der Waals surface area contributed by atoms with Crippen molar-refractivity contribution in [1.82, 2.24) is 5.32 Å². The van der Waals surface area contributed by atoms with E-state index in [1.54, 1.807) is 19.9 Å². The molecule has 128 valence electrons. The average Bonchev–Trinajstić information content (AvgIpc) is 2.91. The topological polar surface area (TPSA) is 49.3 Å². The maximum atomic E-state index is 13.1. The van der Waals surface area contributed by atoms with Gasteiger partial charge in [0, 0.05) is 12.0 Å². The molecule has 4 atom stereocenters. The minimum Gasteiger partial charge on any atom is -0.392 e. The molecule has 0 saturated heterocycles. The molecule has 1 aromatic rings. The number of hydrogen-bond donors (Lipinski definition) is 2. The van der Waals surface area contributed by atoms with Crippen LogP contribution in [0.4, 0.5) is 13.2 Å². The first kappa shape index (κ1) is 17.8. The molecule has 1 saturated carbocycles. The number of hydrogen-bond acceptors (Lipinski definition) is 2. The van der Waals surface area contributed by atoms with Gasteiger partial charge in [0.05, 0.1) is 17.6 Å². The first-order chi connectivity index (χ1) is 10.7. The third kappa shape index (κ3) is 4.05. The van der Waals surface area contributed by atoms with Crippen LogP contribution in [0, 0.1) is 5.92 Å². The van der Waals surface area contributed by atoms with E-state index in [2.05, 4.69) is 5.32 Å². The van der Waals surface area contributed by atoms with Crippen LogP contribution >= 0.6 is 0 Å². The second-order valence-electron chi connectivity index (χ2n) is 6.28. The third-order valence-electron chi connectivity index (χ3n) is 4.69. The molecule has 1 amide bonds. The van der Waals surface area contributed by atoms with Crippen LogP contribution in [0.5, 0.6) is 0 Å². The molecule has 0 radical (unpaired) electrons. The van der Waals surface area contributed by atoms with Gasteiger partial charge in [0.15, 0.2) is 0 Å². The van der Waals surface area contributed by atoms with Crippen molar-refractivity contribution < 1.29 is 23.1 Å². The monoisotopic (exact) mass is 329 g/mol. The van der Waals surface area contributed by atoms with Gasteiger partial charge in [-0.05, 0) is 37.8 Å². The minimum atomic E-state index is -4.42. The van der Waals surface area contributed by atoms with Crippen LogP contribution in [0.25, 0.3) is 0 Å². The van der Waals surface area contributed by atoms with Gasteiger partial charge in [0.2, 0.25) is 5.91 Å². The Morgan fingerprint density at radius 3 is 2.48 bits per heavy atom. The molecular weight excluding hydrogens is 307 g/mol. The summed E-state index contributed by atoms with van der Waals surface area (Å²) in [6.45, 7) is 3.36. The quantitative estimate of drug-likeness (QED) is 0.888. The number of alkyl halides is 3. The molecule has 23 heavy (non-hydrogen) atoms. The van der Waals surface area contributed by atoms with Crippen LogP contribution in [0.15, 0.2) is 24.3 Å². The smallest absolute Gasteiger partial charge is 0.392 e. The first-order valence-corrected chi connectivity index (χ1v) is 7.86. The van der Waals surface area contributed by atoms with Gasteiger partial charge in [-0.2, -0.15) is 13.2 Å². The summed E-state index contributed by atoms with van der Waals surface area (Å²) in [7, 11) is 0. The largest absolute Gasteiger partial charge is 0.416 e. The van der Waals surface area contributed by atoms with Crippen molar-refractivity contribution in [2.24, 2.45) is 5.92 Å². The highest BCUT2D eigenvalue weighted by Gasteiger charge is 2.36. The Bertz CT molecular complexity index is 559. The second kappa shape index (κ2) is 6.91. The van der Waals surface area contributed by atoms with Gasteiger partial charge in [-0.3, -0.25) is 4.79 Å². The maximum Gasteiger partial charge on any atom is 0.416 e. The lowest BCUT2D eigenvalue weighted by atomic mass is 9.89. The van der Waals surface area contributed by atoms with Gasteiger partial charge >= 0.3 is 6.18 Å². The second-order valence-corrected chi connectivity index (χ2v) is 6.28. The summed E-state index contributed by atoms with van der Waals surface area (Å²) in [5.41, 5.74) is -0.505. The van der Waals surface area contributed by atoms with Gasteiger partial charge in [-0.25, -0.2) is 0 Å². The Morgan fingerprint density at radius 2 is 1.91 bits per heavy atom. The molecule has 0 heterocycles. The molecule has 4 unspecified atom stereocenters. The molecule has 3 nitrogen and oxygen atoms in total. The van der Waals surface area contributed by atoms with Gasteiger partial charge in [0.25, 0.3) is 0 Å². The Hall–Kier alpha value is -1.56. The van der Waals surface area contributed by atoms with Crippen molar-refractivity contribution in [3.05, 3.63) is 35.4 Å². The molecule has 0 bridgehead atoms. The average molecular weight is 329 g/mol. The Kier molecular flexibility index (Phi) is 5.34. The zero-order valence-corrected chi connectivity index (χ0v) is 13.2. The van der Waals surface area contributed by atoms with E-state index in [-0.39, 0.29) is 11.5 Å². The van der Waals surface area contributed by atoms with Crippen LogP contribution in [-0.2, 0) is 11.0 Å². The number of amides is 1. The lowest BCUT2D eigenvalue weighted by Crippen LogP contribution is -2.42. The van der Waals surface area contributed by atoms with Crippen molar-refractivity contribution in [2.75, 3.05) is 0 Å². The summed E-state index contributed by atoms with van der Waals surface area (Å²) in [6.07, 6.45) is -3.07. The van der Waals surface area contributed by atoms with Crippen LogP contribution in [0.2, 0.25) is 0 Å². The van der Waals surface area contributed by atoms with E-state index >= 15 is 0 Å². The standard InChI is InChI=1S/C17H22F3NO2/c1-10(12-6-3-4-8-14(12)17(18,19)20)11(2)21-16(23)13-7-5-9-15(13)22/h3-4,6,8,10-11,13,15,22H,5,7,9H2,1-2H3,(H,21,23). The molecule has 2 rings (SSSR count). The Morgan fingerprint density at radius 1 is 1.26 bits per heavy atom. The molecule has 0 aliphatic heterocycles. The highest BCUT2D eigenvalue weighted by atomic mass is 19.4. The van der Waals surface area contributed by atoms with Gasteiger partial charge in [0.1, 0.15) is 0 Å². The van der Waals surface area contributed by atoms with E-state index < -0.39 is 35.7 Å². The summed E-state index contributed by atoms with van der Waals surface area (Å²) in [5.74, 6) is -1.23. The number of rotatable bonds is 4. The predicted molar refractivity (Wildman–Crippen MR) is 80.8 cm³/mol. The number of carbonyl (C=O) groups is 1. The Labute approximate surface area is 133 Å². The zero-order chi connectivity index (χ0) is 17.2. The van der Waals surface area contributed by atoms with Crippen molar-refractivity contribution in [3.63, 3.8) is 0 Å². The number of benzene rings is 1. The molecule has 1 aromatic carbocycles. The van der Waals surface area contributed by atoms with Crippen LogP contribution in [-0.4, -0.2) is 23.2 Å². The fourth-order valence-electron chi connectivity index (χ4n) is 3.12. The van der Waals surface area contributed by atoms with Crippen molar-refractivity contribution in [1.29, 1.82) is 0 Å². The summed E-state index contributed by atoms with van der Waals surface area (Å²) in [6, 6.07) is 4.97. The highest BCUT2D eigenvalue weighted by molar-refractivity contribution is 5.80. The molecule has 2 N–H and O–H groups in total. The van der Waals surface area contributed by atoms with E-state index in [1.807, 2.05) is 0 Å². The summed E-state index contributed by atoms with van der Waals surface area (Å²) < 4.78 is 39.3. The van der Waals surface area contributed by atoms with Crippen LogP contribution < -0.4 is 5.32 Å². The summed E-state index contributed by atoms with van der Waals surface area (Å²) in [4.78, 5) is 12.2. The van der Waals surface area contributed by atoms with E-state index in [0.29, 0.717) is 12.8 Å². The van der Waals surface area contributed by atoms with Crippen molar-refractivity contribution in [2.45, 2.75) is 57.3 Å². The highest BCUT2D eigenvalue weighted by Crippen LogP contribution is 2.36. The van der Waals surface area contributed by atoms with Crippen LogP contribution in [0.3, 0.4) is 0 Å². The number of aliphatic hydroxyl groups excluding tert-OH is 1. The molecule has 0 spiro atoms. The van der Waals surface area contributed by atoms with E-state index in [0.717, 1.165) is 12.5 Å². The lowest BCUT2D eigenvalue weighted by molar-refractivity contribution is -0.138. The van der Waals surface area contributed by atoms with Gasteiger partial charge in [-0.15, -0.1) is 0 Å². The first-order valence-electron chi connectivity index (χ1n) is 7.86. The molecule has 1 aliphatic carbocycles. The molecule has 1 aliphatic rings. The number of carbonyl (C=O) groups excluding carboxylic acids is 1. The van der Waals surface area contributed by atoms with E-state index in [4.69, 9.17) is 0 Å². The molecule has 1 fully saturated rings. The van der Waals surface area contributed by atoms with Crippen molar-refractivity contribution in [3.8, 4) is 0 Å². The van der Waals surface area contributed by atoms with E-state index in [1.165, 1.54) is 12.1 Å². The summed E-state index contributed by atoms with van der Waals surface area (Å²) >= 11 is 0. The number of aliphatic hydroxyl groups is 1. The van der Waals surface area contributed by atoms with Crippen LogP contribution in [0.1, 0.15) is 50.2 Å². The van der Waals surface area contributed by atoms with E-state index in [9.17, 15) is 23.1 Å². The minimum absolute atomic E-state index is 0.166. The number of halogens is 3. The SMILES string of the molecule is CC(NC(=O)C1CCCC1O)C(C)c1ccccc1C(F)(F)F. The molecule has 0 aromatic heterocycles. The van der Waals surface area contributed by atoms with Gasteiger partial charge in [-0.1, -0.05) is 25.1 Å². The summed E-state index contributed by atoms with van der Waals surface area (Å²) in [5, 5.41) is 12.5. The normalized spacial score (nSPS) is 24.3. The fourth-order valence-corrected chi connectivity index (χ4v) is 3.12. The number of nitrogens with one attached hydrogen (secondary N) is 1. The molecule has 6 heteroatoms. The fraction of sp³-hybridized carbons (Fsp3) is 0.588. The predicted octanol–water partition coefficient (Wildman–Crippen LogP) is 3.47.